The maximum absolute atomic E-state index is 11.1. The highest BCUT2D eigenvalue weighted by molar-refractivity contribution is 6.32. The molecule has 0 saturated heterocycles. The molecule has 5 heteroatoms. The number of aromatic nitrogens is 1. The van der Waals surface area contributed by atoms with Gasteiger partial charge in [-0.1, -0.05) is 31.7 Å². The number of nitrogens with one attached hydrogen (secondary N) is 1. The molecule has 1 aromatic rings. The van der Waals surface area contributed by atoms with Gasteiger partial charge in [0.05, 0.1) is 10.4 Å². The van der Waals surface area contributed by atoms with Crippen LogP contribution in [0.25, 0.3) is 13.2 Å². The van der Waals surface area contributed by atoms with Crippen molar-refractivity contribution in [3.63, 3.8) is 0 Å². The lowest BCUT2D eigenvalue weighted by Crippen LogP contribution is -2.28. The number of nitrogens with zero attached hydrogens (tertiary/aromatic N) is 1. The minimum atomic E-state index is -0.282. The number of halogens is 1. The molecule has 0 aliphatic heterocycles. The van der Waals surface area contributed by atoms with Gasteiger partial charge in [-0.25, -0.2) is 4.98 Å². The summed E-state index contributed by atoms with van der Waals surface area (Å²) >= 11 is 5.77. The first-order valence-corrected chi connectivity index (χ1v) is 4.71. The summed E-state index contributed by atoms with van der Waals surface area (Å²) < 4.78 is 0. The van der Waals surface area contributed by atoms with Gasteiger partial charge in [0.1, 0.15) is 0 Å². The van der Waals surface area contributed by atoms with E-state index in [0.717, 1.165) is 0 Å². The maximum Gasteiger partial charge on any atom is 0.225 e. The van der Waals surface area contributed by atoms with Gasteiger partial charge in [-0.05, 0) is 0 Å². The number of amides is 1. The number of anilines is 1. The maximum atomic E-state index is 11.1. The van der Waals surface area contributed by atoms with Gasteiger partial charge < -0.3 is 10.4 Å². The molecule has 1 heterocycles. The number of hydrogen-bond acceptors (Lipinski definition) is 3. The Kier molecular flexibility index (Phi) is 3.31. The van der Waals surface area contributed by atoms with Crippen molar-refractivity contribution >= 4 is 36.5 Å². The van der Waals surface area contributed by atoms with E-state index in [1.54, 1.807) is 6.92 Å². The Morgan fingerprint density at radius 1 is 1.60 bits per heavy atom. The average molecular weight is 227 g/mol. The first kappa shape index (κ1) is 11.5. The highest BCUT2D eigenvalue weighted by Crippen LogP contribution is 2.24. The summed E-state index contributed by atoms with van der Waals surface area (Å²) in [6.45, 7) is 8.88. The molecule has 0 radical (unpaired) electrons. The lowest BCUT2D eigenvalue weighted by Gasteiger charge is -2.06. The number of aromatic hydroxyl groups is 1. The van der Waals surface area contributed by atoms with Crippen LogP contribution in [0.3, 0.4) is 0 Å². The number of rotatable bonds is 2. The van der Waals surface area contributed by atoms with Crippen molar-refractivity contribution in [3.05, 3.63) is 15.6 Å². The monoisotopic (exact) mass is 226 g/mol. The van der Waals surface area contributed by atoms with Crippen molar-refractivity contribution in [3.8, 4) is 5.75 Å². The summed E-state index contributed by atoms with van der Waals surface area (Å²) in [5, 5.41) is 12.7. The average Bonchev–Trinajstić information content (AvgIpc) is 2.22. The number of carbonyl (C=O) groups excluding carboxylic acids is 1. The van der Waals surface area contributed by atoms with E-state index in [1.165, 1.54) is 0 Å². The van der Waals surface area contributed by atoms with Gasteiger partial charge in [0.15, 0.2) is 11.6 Å². The highest BCUT2D eigenvalue weighted by atomic mass is 35.5. The van der Waals surface area contributed by atoms with Gasteiger partial charge in [-0.15, -0.1) is 0 Å². The molecule has 0 bridgehead atoms. The van der Waals surface area contributed by atoms with E-state index in [0.29, 0.717) is 10.6 Å². The van der Waals surface area contributed by atoms with Crippen molar-refractivity contribution in [1.82, 2.24) is 4.98 Å². The molecule has 1 rings (SSSR count). The lowest BCUT2D eigenvalue weighted by atomic mass is 10.3. The molecule has 4 nitrogen and oxygen atoms in total. The lowest BCUT2D eigenvalue weighted by molar-refractivity contribution is -0.115. The normalized spacial score (nSPS) is 10.0. The zero-order valence-electron chi connectivity index (χ0n) is 8.30. The summed E-state index contributed by atoms with van der Waals surface area (Å²) in [5.74, 6) is -0.523. The Bertz CT molecular complexity index is 499. The van der Waals surface area contributed by atoms with Gasteiger partial charge in [0.2, 0.25) is 5.91 Å². The van der Waals surface area contributed by atoms with E-state index < -0.39 is 0 Å². The van der Waals surface area contributed by atoms with E-state index in [2.05, 4.69) is 23.5 Å². The zero-order chi connectivity index (χ0) is 11.6. The molecule has 1 aromatic heterocycles. The molecule has 0 saturated carbocycles. The van der Waals surface area contributed by atoms with E-state index in [-0.39, 0.29) is 28.9 Å². The first-order valence-electron chi connectivity index (χ1n) is 4.33. The van der Waals surface area contributed by atoms with Crippen molar-refractivity contribution in [2.24, 2.45) is 0 Å². The number of hydrogen-bond donors (Lipinski definition) is 2. The Morgan fingerprint density at radius 2 is 2.20 bits per heavy atom. The van der Waals surface area contributed by atoms with Crippen LogP contribution in [0.1, 0.15) is 13.3 Å². The standard InChI is InChI=1S/C10H11ClN2O2/c1-4-7(14)13-10-9(15)8(11)5(2)6(3)12-10/h15H,2-4H2,1H3,(H,12,13,14). The molecular formula is C10H11ClN2O2. The second kappa shape index (κ2) is 4.31. The molecule has 0 aliphatic carbocycles. The summed E-state index contributed by atoms with van der Waals surface area (Å²) in [7, 11) is 0. The topological polar surface area (TPSA) is 62.2 Å². The predicted molar refractivity (Wildman–Crippen MR) is 60.1 cm³/mol. The third-order valence-corrected chi connectivity index (χ3v) is 2.28. The Balaban J connectivity index is 3.27. The Labute approximate surface area is 91.9 Å². The van der Waals surface area contributed by atoms with Crippen LogP contribution in [-0.2, 0) is 4.79 Å². The van der Waals surface area contributed by atoms with Crippen LogP contribution in [0.2, 0.25) is 5.02 Å². The highest BCUT2D eigenvalue weighted by Gasteiger charge is 2.10. The fourth-order valence-corrected chi connectivity index (χ4v) is 1.14. The van der Waals surface area contributed by atoms with Gasteiger partial charge in [0.25, 0.3) is 0 Å². The molecule has 80 valence electrons. The summed E-state index contributed by atoms with van der Waals surface area (Å²) in [4.78, 5) is 15.0. The largest absolute Gasteiger partial charge is 0.503 e. The summed E-state index contributed by atoms with van der Waals surface area (Å²) in [5.41, 5.74) is 0. The molecule has 0 atom stereocenters. The molecule has 0 aliphatic rings. The van der Waals surface area contributed by atoms with Crippen molar-refractivity contribution in [1.29, 1.82) is 0 Å². The SMILES string of the molecule is C=c1nc(NC(=O)CC)c(O)c(Cl)c1=C. The Hall–Kier alpha value is -1.55. The number of carbonyl (C=O) groups is 1. The van der Waals surface area contributed by atoms with Gasteiger partial charge >= 0.3 is 0 Å². The quantitative estimate of drug-likeness (QED) is 0.777. The van der Waals surface area contributed by atoms with Crippen molar-refractivity contribution in [2.75, 3.05) is 5.32 Å². The molecular weight excluding hydrogens is 216 g/mol. The summed E-state index contributed by atoms with van der Waals surface area (Å²) in [6, 6.07) is 0. The third kappa shape index (κ3) is 2.27. The molecule has 0 aromatic carbocycles. The molecule has 1 amide bonds. The van der Waals surface area contributed by atoms with E-state index in [4.69, 9.17) is 11.6 Å². The number of pyridine rings is 1. The zero-order valence-corrected chi connectivity index (χ0v) is 9.06. The van der Waals surface area contributed by atoms with E-state index in [9.17, 15) is 9.90 Å². The second-order valence-corrected chi connectivity index (χ2v) is 3.33. The molecule has 0 fully saturated rings. The fraction of sp³-hybridized carbons (Fsp3) is 0.200. The fourth-order valence-electron chi connectivity index (χ4n) is 0.937. The van der Waals surface area contributed by atoms with Crippen molar-refractivity contribution in [2.45, 2.75) is 13.3 Å². The van der Waals surface area contributed by atoms with Crippen LogP contribution in [0, 0.1) is 0 Å². The van der Waals surface area contributed by atoms with Gasteiger partial charge in [-0.3, -0.25) is 4.79 Å². The minimum absolute atomic E-state index is 0.0178. The van der Waals surface area contributed by atoms with Crippen LogP contribution in [0.15, 0.2) is 0 Å². The van der Waals surface area contributed by atoms with E-state index >= 15 is 0 Å². The summed E-state index contributed by atoms with van der Waals surface area (Å²) in [6.07, 6.45) is 0.289. The molecule has 2 N–H and O–H groups in total. The second-order valence-electron chi connectivity index (χ2n) is 2.95. The molecule has 0 spiro atoms. The Morgan fingerprint density at radius 3 is 2.73 bits per heavy atom. The van der Waals surface area contributed by atoms with Crippen LogP contribution in [0.5, 0.6) is 5.75 Å². The predicted octanol–water partition coefficient (Wildman–Crippen LogP) is 0.610. The molecule has 0 unspecified atom stereocenters. The van der Waals surface area contributed by atoms with Crippen LogP contribution in [-0.4, -0.2) is 16.0 Å². The van der Waals surface area contributed by atoms with Gasteiger partial charge in [0, 0.05) is 11.6 Å². The van der Waals surface area contributed by atoms with E-state index in [1.807, 2.05) is 0 Å². The van der Waals surface area contributed by atoms with Gasteiger partial charge in [-0.2, -0.15) is 0 Å². The van der Waals surface area contributed by atoms with Crippen LogP contribution < -0.4 is 15.9 Å². The molecule has 15 heavy (non-hydrogen) atoms. The third-order valence-electron chi connectivity index (χ3n) is 1.87. The minimum Gasteiger partial charge on any atom is -0.503 e. The smallest absolute Gasteiger partial charge is 0.225 e. The van der Waals surface area contributed by atoms with Crippen LogP contribution >= 0.6 is 11.6 Å². The van der Waals surface area contributed by atoms with Crippen molar-refractivity contribution < 1.29 is 9.90 Å². The first-order chi connectivity index (χ1) is 6.97. The van der Waals surface area contributed by atoms with Crippen LogP contribution in [0.4, 0.5) is 5.82 Å².